The van der Waals surface area contributed by atoms with Crippen LogP contribution in [0.5, 0.6) is 11.6 Å². The van der Waals surface area contributed by atoms with Gasteiger partial charge in [-0.05, 0) is 18.2 Å². The van der Waals surface area contributed by atoms with E-state index < -0.39 is 0 Å². The normalized spacial score (nSPS) is 10.1. The average molecular weight is 300 g/mol. The number of benzene rings is 1. The quantitative estimate of drug-likeness (QED) is 0.882. The summed E-state index contributed by atoms with van der Waals surface area (Å²) in [6.07, 6.45) is 2.95. The number of hydrogen-bond acceptors (Lipinski definition) is 4. The molecule has 18 heavy (non-hydrogen) atoms. The monoisotopic (exact) mass is 299 g/mol. The maximum absolute atomic E-state index is 5.99. The van der Waals surface area contributed by atoms with Crippen LogP contribution < -0.4 is 10.5 Å². The molecule has 0 radical (unpaired) electrons. The predicted octanol–water partition coefficient (Wildman–Crippen LogP) is 3.21. The summed E-state index contributed by atoms with van der Waals surface area (Å²) in [5.74, 6) is 0.605. The first-order valence-corrected chi connectivity index (χ1v) is 5.98. The van der Waals surface area contributed by atoms with Gasteiger partial charge in [0, 0.05) is 17.4 Å². The van der Waals surface area contributed by atoms with E-state index in [1.807, 2.05) is 0 Å². The summed E-state index contributed by atoms with van der Waals surface area (Å²) in [6, 6.07) is 4.84. The molecule has 0 unspecified atom stereocenters. The van der Waals surface area contributed by atoms with Crippen molar-refractivity contribution in [2.45, 2.75) is 0 Å². The van der Waals surface area contributed by atoms with Gasteiger partial charge in [-0.3, -0.25) is 0 Å². The number of rotatable bonds is 3. The molecule has 2 N–H and O–H groups in total. The molecule has 0 saturated heterocycles. The van der Waals surface area contributed by atoms with Crippen molar-refractivity contribution in [1.82, 2.24) is 9.97 Å². The van der Waals surface area contributed by atoms with Crippen molar-refractivity contribution < 1.29 is 4.74 Å². The Morgan fingerprint density at radius 1 is 1.22 bits per heavy atom. The van der Waals surface area contributed by atoms with E-state index in [9.17, 15) is 0 Å². The van der Waals surface area contributed by atoms with E-state index in [1.165, 1.54) is 12.4 Å². The molecule has 0 bridgehead atoms. The highest BCUT2D eigenvalue weighted by atomic mass is 35.5. The van der Waals surface area contributed by atoms with Crippen molar-refractivity contribution in [2.24, 2.45) is 5.73 Å². The average Bonchev–Trinajstić information content (AvgIpc) is 2.33. The second-order valence-corrected chi connectivity index (χ2v) is 4.53. The topological polar surface area (TPSA) is 61.0 Å². The first-order chi connectivity index (χ1) is 8.58. The summed E-state index contributed by atoms with van der Waals surface area (Å²) in [4.78, 5) is 8.11. The summed E-state index contributed by atoms with van der Waals surface area (Å²) in [5.41, 5.74) is 5.83. The van der Waals surface area contributed by atoms with Gasteiger partial charge in [0.1, 0.15) is 10.7 Å². The molecule has 0 aliphatic heterocycles. The fraction of sp³-hybridized carbons (Fsp3) is 0. The molecule has 0 spiro atoms. The van der Waals surface area contributed by atoms with Crippen LogP contribution in [-0.2, 0) is 0 Å². The van der Waals surface area contributed by atoms with Crippen LogP contribution in [-0.4, -0.2) is 15.0 Å². The highest BCUT2D eigenvalue weighted by molar-refractivity contribution is 7.80. The van der Waals surface area contributed by atoms with Crippen molar-refractivity contribution >= 4 is 40.4 Å². The first-order valence-electron chi connectivity index (χ1n) is 4.81. The molecular weight excluding hydrogens is 293 g/mol. The zero-order valence-corrected chi connectivity index (χ0v) is 11.3. The van der Waals surface area contributed by atoms with Gasteiger partial charge in [-0.1, -0.05) is 35.4 Å². The molecule has 1 heterocycles. The number of nitrogens with two attached hydrogens (primary N) is 1. The van der Waals surface area contributed by atoms with E-state index in [2.05, 4.69) is 9.97 Å². The Morgan fingerprint density at radius 2 is 1.94 bits per heavy atom. The second-order valence-electron chi connectivity index (χ2n) is 3.25. The Labute approximate surface area is 119 Å². The van der Waals surface area contributed by atoms with E-state index in [0.717, 1.165) is 0 Å². The number of nitrogens with zero attached hydrogens (tertiary/aromatic N) is 2. The van der Waals surface area contributed by atoms with Crippen molar-refractivity contribution in [1.29, 1.82) is 0 Å². The fourth-order valence-corrected chi connectivity index (χ4v) is 1.82. The molecule has 0 atom stereocenters. The van der Waals surface area contributed by atoms with Crippen LogP contribution in [0.15, 0.2) is 30.6 Å². The van der Waals surface area contributed by atoms with Crippen LogP contribution in [0.4, 0.5) is 0 Å². The Bertz CT molecular complexity index is 607. The van der Waals surface area contributed by atoms with Crippen LogP contribution in [0.3, 0.4) is 0 Å². The number of thiocarbonyl (C=S) groups is 1. The molecule has 0 fully saturated rings. The summed E-state index contributed by atoms with van der Waals surface area (Å²) >= 11 is 16.6. The molecule has 0 aliphatic rings. The predicted molar refractivity (Wildman–Crippen MR) is 74.5 cm³/mol. The lowest BCUT2D eigenvalue weighted by Crippen LogP contribution is -2.13. The molecule has 2 aromatic rings. The van der Waals surface area contributed by atoms with Gasteiger partial charge in [0.25, 0.3) is 0 Å². The molecule has 92 valence electrons. The molecule has 0 aliphatic carbocycles. The van der Waals surface area contributed by atoms with Crippen molar-refractivity contribution in [3.05, 3.63) is 46.3 Å². The maximum Gasteiger partial charge on any atom is 0.248 e. The third-order valence-corrected chi connectivity index (χ3v) is 2.72. The van der Waals surface area contributed by atoms with Crippen LogP contribution in [0.1, 0.15) is 5.69 Å². The summed E-state index contributed by atoms with van der Waals surface area (Å²) in [5, 5.41) is 0.878. The van der Waals surface area contributed by atoms with E-state index in [-0.39, 0.29) is 10.9 Å². The molecule has 2 rings (SSSR count). The lowest BCUT2D eigenvalue weighted by molar-refractivity contribution is 0.459. The fourth-order valence-electron chi connectivity index (χ4n) is 1.23. The van der Waals surface area contributed by atoms with Gasteiger partial charge in [0.2, 0.25) is 5.88 Å². The summed E-state index contributed by atoms with van der Waals surface area (Å²) in [7, 11) is 0. The summed E-state index contributed by atoms with van der Waals surface area (Å²) in [6.45, 7) is 0. The standard InChI is InChI=1S/C11H7Cl2N3OS/c12-6-1-2-8(7(13)5-6)17-11-9(10(14)18)15-3-4-16-11/h1-5H,(H2,14,18). The highest BCUT2D eigenvalue weighted by Gasteiger charge is 2.12. The van der Waals surface area contributed by atoms with Crippen LogP contribution >= 0.6 is 35.4 Å². The lowest BCUT2D eigenvalue weighted by Gasteiger charge is -2.09. The minimum Gasteiger partial charge on any atom is -0.435 e. The van der Waals surface area contributed by atoms with E-state index in [0.29, 0.717) is 21.5 Å². The molecular formula is C11H7Cl2N3OS. The molecule has 1 aromatic carbocycles. The van der Waals surface area contributed by atoms with Crippen molar-refractivity contribution in [2.75, 3.05) is 0 Å². The van der Waals surface area contributed by atoms with Crippen LogP contribution in [0.2, 0.25) is 10.0 Å². The van der Waals surface area contributed by atoms with Gasteiger partial charge >= 0.3 is 0 Å². The number of ether oxygens (including phenoxy) is 1. The molecule has 0 saturated carbocycles. The Kier molecular flexibility index (Phi) is 3.96. The minimum absolute atomic E-state index is 0.100. The van der Waals surface area contributed by atoms with Crippen molar-refractivity contribution in [3.63, 3.8) is 0 Å². The van der Waals surface area contributed by atoms with E-state index >= 15 is 0 Å². The van der Waals surface area contributed by atoms with Crippen molar-refractivity contribution in [3.8, 4) is 11.6 Å². The molecule has 7 heteroatoms. The van der Waals surface area contributed by atoms with Gasteiger partial charge in [-0.15, -0.1) is 0 Å². The Hall–Kier alpha value is -1.43. The molecule has 0 amide bonds. The van der Waals surface area contributed by atoms with Gasteiger partial charge in [0.15, 0.2) is 5.69 Å². The van der Waals surface area contributed by atoms with E-state index in [4.69, 9.17) is 45.9 Å². The van der Waals surface area contributed by atoms with Gasteiger partial charge in [-0.2, -0.15) is 0 Å². The third-order valence-electron chi connectivity index (χ3n) is 2.00. The second kappa shape index (κ2) is 5.48. The molecule has 4 nitrogen and oxygen atoms in total. The van der Waals surface area contributed by atoms with Gasteiger partial charge < -0.3 is 10.5 Å². The van der Waals surface area contributed by atoms with Crippen LogP contribution in [0, 0.1) is 0 Å². The largest absolute Gasteiger partial charge is 0.435 e. The van der Waals surface area contributed by atoms with E-state index in [1.54, 1.807) is 18.2 Å². The number of halogens is 2. The number of hydrogen-bond donors (Lipinski definition) is 1. The smallest absolute Gasteiger partial charge is 0.248 e. The third kappa shape index (κ3) is 2.87. The zero-order chi connectivity index (χ0) is 13.1. The van der Waals surface area contributed by atoms with Gasteiger partial charge in [-0.25, -0.2) is 9.97 Å². The minimum atomic E-state index is 0.100. The maximum atomic E-state index is 5.99. The summed E-state index contributed by atoms with van der Waals surface area (Å²) < 4.78 is 5.52. The SMILES string of the molecule is NC(=S)c1nccnc1Oc1ccc(Cl)cc1Cl. The zero-order valence-electron chi connectivity index (χ0n) is 8.93. The lowest BCUT2D eigenvalue weighted by atomic mass is 10.3. The Morgan fingerprint density at radius 3 is 2.61 bits per heavy atom. The van der Waals surface area contributed by atoms with Gasteiger partial charge in [0.05, 0.1) is 5.02 Å². The Balaban J connectivity index is 2.37. The highest BCUT2D eigenvalue weighted by Crippen LogP contribution is 2.31. The molecule has 1 aromatic heterocycles. The first kappa shape index (κ1) is 13.0. The number of aromatic nitrogens is 2. The van der Waals surface area contributed by atoms with Crippen LogP contribution in [0.25, 0.3) is 0 Å².